The van der Waals surface area contributed by atoms with Gasteiger partial charge in [0.1, 0.15) is 11.3 Å². The number of ether oxygens (including phenoxy) is 1. The SMILES string of the molecule is COc1ccc2c(CC(=O)Nc3ccc(CC(=O)N4CCSCC4)cc3)coc2c1. The van der Waals surface area contributed by atoms with Crippen molar-refractivity contribution < 1.29 is 18.7 Å². The van der Waals surface area contributed by atoms with E-state index in [1.165, 1.54) is 0 Å². The number of furan rings is 1. The molecular formula is C23H24N2O4S. The van der Waals surface area contributed by atoms with Crippen molar-refractivity contribution in [2.24, 2.45) is 0 Å². The molecule has 1 aliphatic rings. The quantitative estimate of drug-likeness (QED) is 0.653. The Bertz CT molecular complexity index is 1040. The summed E-state index contributed by atoms with van der Waals surface area (Å²) in [4.78, 5) is 26.8. The fourth-order valence-corrected chi connectivity index (χ4v) is 4.41. The van der Waals surface area contributed by atoms with Crippen molar-refractivity contribution in [1.82, 2.24) is 4.90 Å². The van der Waals surface area contributed by atoms with Crippen LogP contribution in [0.25, 0.3) is 11.0 Å². The van der Waals surface area contributed by atoms with Crippen molar-refractivity contribution in [1.29, 1.82) is 0 Å². The molecule has 1 aromatic heterocycles. The van der Waals surface area contributed by atoms with Crippen molar-refractivity contribution in [2.75, 3.05) is 37.0 Å². The second-order valence-corrected chi connectivity index (χ2v) is 8.44. The number of fused-ring (bicyclic) bond motifs is 1. The number of anilines is 1. The first-order valence-corrected chi connectivity index (χ1v) is 11.1. The first kappa shape index (κ1) is 20.3. The predicted molar refractivity (Wildman–Crippen MR) is 119 cm³/mol. The van der Waals surface area contributed by atoms with Crippen LogP contribution in [-0.4, -0.2) is 48.4 Å². The van der Waals surface area contributed by atoms with Gasteiger partial charge in [-0.3, -0.25) is 9.59 Å². The van der Waals surface area contributed by atoms with Gasteiger partial charge in [-0.15, -0.1) is 0 Å². The van der Waals surface area contributed by atoms with Crippen molar-refractivity contribution in [2.45, 2.75) is 12.8 Å². The maximum Gasteiger partial charge on any atom is 0.228 e. The minimum atomic E-state index is -0.122. The normalized spacial score (nSPS) is 14.0. The highest BCUT2D eigenvalue weighted by Gasteiger charge is 2.17. The van der Waals surface area contributed by atoms with Crippen molar-refractivity contribution in [3.8, 4) is 5.75 Å². The van der Waals surface area contributed by atoms with E-state index in [2.05, 4.69) is 5.32 Å². The van der Waals surface area contributed by atoms with E-state index in [1.807, 2.05) is 53.1 Å². The molecule has 0 atom stereocenters. The number of benzene rings is 2. The maximum absolute atomic E-state index is 12.5. The molecule has 4 rings (SSSR count). The number of methoxy groups -OCH3 is 1. The summed E-state index contributed by atoms with van der Waals surface area (Å²) in [5.41, 5.74) is 3.18. The Morgan fingerprint density at radius 1 is 1.10 bits per heavy atom. The molecule has 3 aromatic rings. The van der Waals surface area contributed by atoms with E-state index in [0.717, 1.165) is 41.1 Å². The van der Waals surface area contributed by atoms with Gasteiger partial charge in [-0.25, -0.2) is 0 Å². The van der Waals surface area contributed by atoms with Crippen LogP contribution in [-0.2, 0) is 22.4 Å². The molecule has 1 aliphatic heterocycles. The summed E-state index contributed by atoms with van der Waals surface area (Å²) in [7, 11) is 1.60. The zero-order chi connectivity index (χ0) is 20.9. The number of hydrogen-bond donors (Lipinski definition) is 1. The summed E-state index contributed by atoms with van der Waals surface area (Å²) in [6.07, 6.45) is 2.22. The summed E-state index contributed by atoms with van der Waals surface area (Å²) < 4.78 is 10.7. The molecule has 0 saturated carbocycles. The molecule has 1 fully saturated rings. The van der Waals surface area contributed by atoms with E-state index < -0.39 is 0 Å². The molecule has 1 N–H and O–H groups in total. The smallest absolute Gasteiger partial charge is 0.228 e. The van der Waals surface area contributed by atoms with Gasteiger partial charge in [-0.05, 0) is 29.8 Å². The van der Waals surface area contributed by atoms with Gasteiger partial charge in [0.15, 0.2) is 0 Å². The van der Waals surface area contributed by atoms with Crippen LogP contribution in [0.2, 0.25) is 0 Å². The molecule has 2 heterocycles. The summed E-state index contributed by atoms with van der Waals surface area (Å²) in [6.45, 7) is 1.65. The molecule has 0 bridgehead atoms. The zero-order valence-corrected chi connectivity index (χ0v) is 17.7. The highest BCUT2D eigenvalue weighted by Crippen LogP contribution is 2.26. The van der Waals surface area contributed by atoms with Crippen LogP contribution in [0, 0.1) is 0 Å². The first-order chi connectivity index (χ1) is 14.6. The first-order valence-electron chi connectivity index (χ1n) is 9.91. The van der Waals surface area contributed by atoms with E-state index in [1.54, 1.807) is 19.4 Å². The lowest BCUT2D eigenvalue weighted by Crippen LogP contribution is -2.38. The molecule has 0 spiro atoms. The van der Waals surface area contributed by atoms with Crippen LogP contribution >= 0.6 is 11.8 Å². The van der Waals surface area contributed by atoms with Crippen LogP contribution in [0.15, 0.2) is 53.1 Å². The minimum Gasteiger partial charge on any atom is -0.497 e. The Labute approximate surface area is 179 Å². The van der Waals surface area contributed by atoms with Crippen molar-refractivity contribution >= 4 is 40.2 Å². The standard InChI is InChI=1S/C23H24N2O4S/c1-28-19-6-7-20-17(15-29-21(20)14-19)13-22(26)24-18-4-2-16(3-5-18)12-23(27)25-8-10-30-11-9-25/h2-7,14-15H,8-13H2,1H3,(H,24,26). The molecule has 6 nitrogen and oxygen atoms in total. The maximum atomic E-state index is 12.5. The second-order valence-electron chi connectivity index (χ2n) is 7.21. The molecule has 7 heteroatoms. The lowest BCUT2D eigenvalue weighted by molar-refractivity contribution is -0.130. The highest BCUT2D eigenvalue weighted by molar-refractivity contribution is 7.99. The van der Waals surface area contributed by atoms with Crippen LogP contribution in [0.1, 0.15) is 11.1 Å². The third kappa shape index (κ3) is 4.79. The van der Waals surface area contributed by atoms with Gasteiger partial charge >= 0.3 is 0 Å². The zero-order valence-electron chi connectivity index (χ0n) is 16.8. The van der Waals surface area contributed by atoms with Gasteiger partial charge in [0.05, 0.1) is 26.2 Å². The van der Waals surface area contributed by atoms with E-state index in [-0.39, 0.29) is 18.2 Å². The number of rotatable bonds is 6. The van der Waals surface area contributed by atoms with E-state index in [0.29, 0.717) is 23.4 Å². The second kappa shape index (κ2) is 9.26. The van der Waals surface area contributed by atoms with Crippen molar-refractivity contribution in [3.63, 3.8) is 0 Å². The Kier molecular flexibility index (Phi) is 6.28. The van der Waals surface area contributed by atoms with Gasteiger partial charge < -0.3 is 19.4 Å². The fourth-order valence-electron chi connectivity index (χ4n) is 3.51. The van der Waals surface area contributed by atoms with Crippen LogP contribution < -0.4 is 10.1 Å². The number of hydrogen-bond acceptors (Lipinski definition) is 5. The Hall–Kier alpha value is -2.93. The molecule has 1 saturated heterocycles. The monoisotopic (exact) mass is 424 g/mol. The summed E-state index contributed by atoms with van der Waals surface area (Å²) >= 11 is 1.89. The van der Waals surface area contributed by atoms with Gasteiger partial charge in [0.2, 0.25) is 11.8 Å². The lowest BCUT2D eigenvalue weighted by Gasteiger charge is -2.26. The molecule has 156 valence electrons. The van der Waals surface area contributed by atoms with E-state index in [9.17, 15) is 9.59 Å². The van der Waals surface area contributed by atoms with Crippen LogP contribution in [0.3, 0.4) is 0 Å². The average Bonchev–Trinajstić information content (AvgIpc) is 3.17. The number of thioether (sulfide) groups is 1. The summed E-state index contributed by atoms with van der Waals surface area (Å²) in [5.74, 6) is 2.77. The number of carbonyl (C=O) groups is 2. The Balaban J connectivity index is 1.34. The highest BCUT2D eigenvalue weighted by atomic mass is 32.2. The van der Waals surface area contributed by atoms with Gasteiger partial charge in [-0.2, -0.15) is 11.8 Å². The Morgan fingerprint density at radius 2 is 1.87 bits per heavy atom. The van der Waals surface area contributed by atoms with Crippen molar-refractivity contribution in [3.05, 3.63) is 59.9 Å². The molecule has 0 unspecified atom stereocenters. The predicted octanol–water partition coefficient (Wildman–Crippen LogP) is 3.74. The lowest BCUT2D eigenvalue weighted by atomic mass is 10.1. The third-order valence-electron chi connectivity index (χ3n) is 5.17. The molecule has 0 radical (unpaired) electrons. The molecule has 2 amide bonds. The number of nitrogens with one attached hydrogen (secondary N) is 1. The number of carbonyl (C=O) groups excluding carboxylic acids is 2. The van der Waals surface area contributed by atoms with Gasteiger partial charge in [0.25, 0.3) is 0 Å². The van der Waals surface area contributed by atoms with Gasteiger partial charge in [0, 0.05) is 47.3 Å². The molecule has 30 heavy (non-hydrogen) atoms. The van der Waals surface area contributed by atoms with Gasteiger partial charge in [-0.1, -0.05) is 12.1 Å². The Morgan fingerprint density at radius 3 is 2.60 bits per heavy atom. The van der Waals surface area contributed by atoms with E-state index in [4.69, 9.17) is 9.15 Å². The van der Waals surface area contributed by atoms with E-state index >= 15 is 0 Å². The molecular weight excluding hydrogens is 400 g/mol. The number of nitrogens with zero attached hydrogens (tertiary/aromatic N) is 1. The minimum absolute atomic E-state index is 0.122. The van der Waals surface area contributed by atoms with Crippen LogP contribution in [0.5, 0.6) is 5.75 Å². The van der Waals surface area contributed by atoms with Crippen LogP contribution in [0.4, 0.5) is 5.69 Å². The number of amides is 2. The average molecular weight is 425 g/mol. The topological polar surface area (TPSA) is 71.8 Å². The third-order valence-corrected chi connectivity index (χ3v) is 6.11. The summed E-state index contributed by atoms with van der Waals surface area (Å²) in [6, 6.07) is 13.0. The fraction of sp³-hybridized carbons (Fsp3) is 0.304. The molecule has 0 aliphatic carbocycles. The largest absolute Gasteiger partial charge is 0.497 e. The summed E-state index contributed by atoms with van der Waals surface area (Å²) in [5, 5.41) is 3.81. The molecule has 2 aromatic carbocycles.